The Bertz CT molecular complexity index is 732. The van der Waals surface area contributed by atoms with Gasteiger partial charge in [0.1, 0.15) is 16.1 Å². The minimum Gasteiger partial charge on any atom is -0.351 e. The summed E-state index contributed by atoms with van der Waals surface area (Å²) >= 11 is 1.36. The van der Waals surface area contributed by atoms with Crippen molar-refractivity contribution >= 4 is 23.2 Å². The summed E-state index contributed by atoms with van der Waals surface area (Å²) in [6.45, 7) is 1.76. The van der Waals surface area contributed by atoms with Crippen LogP contribution in [0.1, 0.15) is 28.2 Å². The van der Waals surface area contributed by atoms with Gasteiger partial charge >= 0.3 is 0 Å². The number of thiazole rings is 1. The summed E-state index contributed by atoms with van der Waals surface area (Å²) in [7, 11) is 0. The van der Waals surface area contributed by atoms with Gasteiger partial charge in [0, 0.05) is 37.5 Å². The quantitative estimate of drug-likeness (QED) is 0.908. The SMILES string of the molecule is O=C1NCCc2nc(-c3cnc(N4CCC[C@H](F)C4)nc3)sc21. The highest BCUT2D eigenvalue weighted by atomic mass is 32.1. The van der Waals surface area contributed by atoms with Crippen LogP contribution in [0.5, 0.6) is 0 Å². The van der Waals surface area contributed by atoms with Crippen molar-refractivity contribution in [3.63, 3.8) is 0 Å². The fourth-order valence-corrected chi connectivity index (χ4v) is 3.90. The Balaban J connectivity index is 1.57. The molecule has 120 valence electrons. The first-order chi connectivity index (χ1) is 11.2. The third kappa shape index (κ3) is 2.78. The lowest BCUT2D eigenvalue weighted by Crippen LogP contribution is -2.37. The van der Waals surface area contributed by atoms with Crippen molar-refractivity contribution in [2.24, 2.45) is 0 Å². The molecule has 1 amide bonds. The zero-order chi connectivity index (χ0) is 15.8. The van der Waals surface area contributed by atoms with Crippen LogP contribution in [0.4, 0.5) is 10.3 Å². The van der Waals surface area contributed by atoms with Gasteiger partial charge in [-0.3, -0.25) is 4.79 Å². The Kier molecular flexibility index (Phi) is 3.68. The fraction of sp³-hybridized carbons (Fsp3) is 0.467. The number of hydrogen-bond acceptors (Lipinski definition) is 6. The third-order valence-corrected chi connectivity index (χ3v) is 5.23. The molecule has 0 bridgehead atoms. The molecule has 1 atom stereocenters. The first kappa shape index (κ1) is 14.5. The zero-order valence-electron chi connectivity index (χ0n) is 12.5. The summed E-state index contributed by atoms with van der Waals surface area (Å²) in [5, 5.41) is 3.57. The Hall–Kier alpha value is -2.09. The van der Waals surface area contributed by atoms with E-state index in [0.29, 0.717) is 30.3 Å². The molecule has 2 aliphatic heterocycles. The molecule has 0 aromatic carbocycles. The number of alkyl halides is 1. The number of aromatic nitrogens is 3. The number of amides is 1. The van der Waals surface area contributed by atoms with Crippen LogP contribution in [0.25, 0.3) is 10.6 Å². The molecule has 23 heavy (non-hydrogen) atoms. The lowest BCUT2D eigenvalue weighted by molar-refractivity contribution is 0.0950. The number of nitrogens with zero attached hydrogens (tertiary/aromatic N) is 4. The van der Waals surface area contributed by atoms with Gasteiger partial charge in [0.2, 0.25) is 5.95 Å². The second-order valence-electron chi connectivity index (χ2n) is 5.76. The van der Waals surface area contributed by atoms with E-state index in [-0.39, 0.29) is 5.91 Å². The Morgan fingerprint density at radius 2 is 2.17 bits per heavy atom. The maximum absolute atomic E-state index is 13.5. The molecule has 0 unspecified atom stereocenters. The minimum absolute atomic E-state index is 0.0603. The zero-order valence-corrected chi connectivity index (χ0v) is 13.3. The average Bonchev–Trinajstić information content (AvgIpc) is 3.01. The second-order valence-corrected chi connectivity index (χ2v) is 6.76. The number of anilines is 1. The Morgan fingerprint density at radius 3 is 2.91 bits per heavy atom. The van der Waals surface area contributed by atoms with Crippen LogP contribution in [0.3, 0.4) is 0 Å². The number of halogens is 1. The van der Waals surface area contributed by atoms with Gasteiger partial charge in [0.15, 0.2) is 0 Å². The highest BCUT2D eigenvalue weighted by Crippen LogP contribution is 2.29. The van der Waals surface area contributed by atoms with E-state index < -0.39 is 6.17 Å². The number of hydrogen-bond donors (Lipinski definition) is 1. The van der Waals surface area contributed by atoms with Crippen LogP contribution in [0.2, 0.25) is 0 Å². The third-order valence-electron chi connectivity index (χ3n) is 4.08. The molecular weight excluding hydrogens is 317 g/mol. The van der Waals surface area contributed by atoms with Crippen LogP contribution in [0.15, 0.2) is 12.4 Å². The smallest absolute Gasteiger partial charge is 0.263 e. The highest BCUT2D eigenvalue weighted by molar-refractivity contribution is 7.17. The van der Waals surface area contributed by atoms with Gasteiger partial charge in [-0.2, -0.15) is 0 Å². The summed E-state index contributed by atoms with van der Waals surface area (Å²) in [6.07, 6.45) is 4.78. The lowest BCUT2D eigenvalue weighted by atomic mass is 10.1. The van der Waals surface area contributed by atoms with Gasteiger partial charge in [0.25, 0.3) is 5.91 Å². The van der Waals surface area contributed by atoms with E-state index in [0.717, 1.165) is 35.7 Å². The van der Waals surface area contributed by atoms with E-state index in [1.165, 1.54) is 11.3 Å². The molecule has 1 fully saturated rings. The largest absolute Gasteiger partial charge is 0.351 e. The normalized spacial score (nSPS) is 21.0. The second kappa shape index (κ2) is 5.84. The molecule has 0 saturated carbocycles. The van der Waals surface area contributed by atoms with Gasteiger partial charge in [-0.05, 0) is 12.8 Å². The van der Waals surface area contributed by atoms with Gasteiger partial charge in [0.05, 0.1) is 12.2 Å². The molecule has 0 aliphatic carbocycles. The van der Waals surface area contributed by atoms with Gasteiger partial charge in [-0.25, -0.2) is 19.3 Å². The number of fused-ring (bicyclic) bond motifs is 1. The van der Waals surface area contributed by atoms with Crippen molar-refractivity contribution in [3.05, 3.63) is 23.0 Å². The summed E-state index contributed by atoms with van der Waals surface area (Å²) in [5.41, 5.74) is 1.63. The molecule has 2 aromatic heterocycles. The van der Waals surface area contributed by atoms with E-state index in [1.54, 1.807) is 12.4 Å². The van der Waals surface area contributed by atoms with E-state index in [4.69, 9.17) is 0 Å². The molecule has 2 aliphatic rings. The molecule has 8 heteroatoms. The monoisotopic (exact) mass is 333 g/mol. The first-order valence-electron chi connectivity index (χ1n) is 7.70. The van der Waals surface area contributed by atoms with Gasteiger partial charge in [-0.15, -0.1) is 11.3 Å². The number of nitrogens with one attached hydrogen (secondary N) is 1. The van der Waals surface area contributed by atoms with Crippen LogP contribution in [-0.4, -0.2) is 46.7 Å². The molecule has 1 saturated heterocycles. The molecule has 0 radical (unpaired) electrons. The number of carbonyl (C=O) groups excluding carboxylic acids is 1. The van der Waals surface area contributed by atoms with E-state index in [2.05, 4.69) is 20.3 Å². The summed E-state index contributed by atoms with van der Waals surface area (Å²) in [6, 6.07) is 0. The van der Waals surface area contributed by atoms with E-state index in [9.17, 15) is 9.18 Å². The number of carbonyl (C=O) groups is 1. The van der Waals surface area contributed by atoms with Crippen molar-refractivity contribution in [2.45, 2.75) is 25.4 Å². The molecule has 4 heterocycles. The van der Waals surface area contributed by atoms with Crippen LogP contribution < -0.4 is 10.2 Å². The van der Waals surface area contributed by atoms with Crippen molar-refractivity contribution in [2.75, 3.05) is 24.5 Å². The Labute approximate surface area is 136 Å². The first-order valence-corrected chi connectivity index (χ1v) is 8.51. The minimum atomic E-state index is -0.809. The maximum atomic E-state index is 13.5. The lowest BCUT2D eigenvalue weighted by Gasteiger charge is -2.28. The molecule has 1 N–H and O–H groups in total. The molecule has 6 nitrogen and oxygen atoms in total. The highest BCUT2D eigenvalue weighted by Gasteiger charge is 2.24. The van der Waals surface area contributed by atoms with Crippen molar-refractivity contribution in [3.8, 4) is 10.6 Å². The molecule has 2 aromatic rings. The Morgan fingerprint density at radius 1 is 1.35 bits per heavy atom. The van der Waals surface area contributed by atoms with Crippen LogP contribution in [0, 0.1) is 0 Å². The van der Waals surface area contributed by atoms with E-state index in [1.807, 2.05) is 4.90 Å². The summed E-state index contributed by atoms with van der Waals surface area (Å²) in [4.78, 5) is 27.6. The fourth-order valence-electron chi connectivity index (χ4n) is 2.90. The number of rotatable bonds is 2. The maximum Gasteiger partial charge on any atom is 0.263 e. The van der Waals surface area contributed by atoms with Crippen molar-refractivity contribution in [1.29, 1.82) is 0 Å². The van der Waals surface area contributed by atoms with Crippen LogP contribution in [-0.2, 0) is 6.42 Å². The van der Waals surface area contributed by atoms with Gasteiger partial charge in [-0.1, -0.05) is 0 Å². The summed E-state index contributed by atoms with van der Waals surface area (Å²) in [5.74, 6) is 0.491. The van der Waals surface area contributed by atoms with Crippen LogP contribution >= 0.6 is 11.3 Å². The standard InChI is InChI=1S/C15H16FN5OS/c16-10-2-1-5-21(8-10)15-18-6-9(7-19-15)14-20-11-3-4-17-13(22)12(11)23-14/h6-7,10H,1-5,8H2,(H,17,22)/t10-/m0/s1. The summed E-state index contributed by atoms with van der Waals surface area (Å²) < 4.78 is 13.5. The number of piperidine rings is 1. The average molecular weight is 333 g/mol. The predicted octanol–water partition coefficient (Wildman–Crippen LogP) is 1.82. The molecule has 0 spiro atoms. The van der Waals surface area contributed by atoms with Crippen molar-refractivity contribution < 1.29 is 9.18 Å². The van der Waals surface area contributed by atoms with E-state index >= 15 is 0 Å². The molecular formula is C15H16FN5OS. The van der Waals surface area contributed by atoms with Gasteiger partial charge < -0.3 is 10.2 Å². The molecule has 4 rings (SSSR count). The topological polar surface area (TPSA) is 71.0 Å². The van der Waals surface area contributed by atoms with Crippen molar-refractivity contribution in [1.82, 2.24) is 20.3 Å². The predicted molar refractivity (Wildman–Crippen MR) is 85.5 cm³/mol.